The van der Waals surface area contributed by atoms with E-state index in [2.05, 4.69) is 10.9 Å². The second kappa shape index (κ2) is 8.90. The molecule has 1 saturated heterocycles. The first-order valence-electron chi connectivity index (χ1n) is 10.0. The van der Waals surface area contributed by atoms with Crippen molar-refractivity contribution in [3.05, 3.63) is 58.1 Å². The summed E-state index contributed by atoms with van der Waals surface area (Å²) in [5, 5.41) is 11.6. The highest BCUT2D eigenvalue weighted by molar-refractivity contribution is 5.97. The zero-order valence-corrected chi connectivity index (χ0v) is 16.7. The molecule has 0 radical (unpaired) electrons. The zero-order chi connectivity index (χ0) is 21.8. The Kier molecular flexibility index (Phi) is 5.87. The molecule has 2 amide bonds. The second-order valence-electron chi connectivity index (χ2n) is 7.32. The molecular formula is C21H22N4O6. The maximum absolute atomic E-state index is 12.5. The summed E-state index contributed by atoms with van der Waals surface area (Å²) >= 11 is 0. The van der Waals surface area contributed by atoms with Crippen LogP contribution in [-0.4, -0.2) is 42.5 Å². The van der Waals surface area contributed by atoms with E-state index in [1.165, 1.54) is 12.1 Å². The third kappa shape index (κ3) is 4.52. The lowest BCUT2D eigenvalue weighted by molar-refractivity contribution is -0.384. The first kappa shape index (κ1) is 20.5. The van der Waals surface area contributed by atoms with Gasteiger partial charge in [0.05, 0.1) is 4.92 Å². The number of amides is 2. The number of nitrogens with one attached hydrogen (secondary N) is 2. The van der Waals surface area contributed by atoms with Crippen molar-refractivity contribution in [1.82, 2.24) is 10.9 Å². The third-order valence-corrected chi connectivity index (χ3v) is 5.23. The monoisotopic (exact) mass is 426 g/mol. The number of fused-ring (bicyclic) bond motifs is 1. The SMILES string of the molecule is O=C(NNC(=O)[C@H]1COc2ccccc2O1)c1ccc(N2CCCCC2)c([N+](=O)[O-])c1. The van der Waals surface area contributed by atoms with Crippen LogP contribution in [0.4, 0.5) is 11.4 Å². The number of piperidine rings is 1. The number of nitro benzene ring substituents is 1. The predicted octanol–water partition coefficient (Wildman–Crippen LogP) is 2.19. The summed E-state index contributed by atoms with van der Waals surface area (Å²) in [5.41, 5.74) is 4.99. The molecule has 0 aliphatic carbocycles. The quantitative estimate of drug-likeness (QED) is 0.567. The van der Waals surface area contributed by atoms with Gasteiger partial charge in [-0.3, -0.25) is 30.6 Å². The molecular weight excluding hydrogens is 404 g/mol. The Labute approximate surface area is 178 Å². The van der Waals surface area contributed by atoms with Gasteiger partial charge in [-0.15, -0.1) is 0 Å². The van der Waals surface area contributed by atoms with Crippen LogP contribution in [0.5, 0.6) is 11.5 Å². The summed E-state index contributed by atoms with van der Waals surface area (Å²) in [6, 6.07) is 11.3. The fourth-order valence-electron chi connectivity index (χ4n) is 3.63. The van der Waals surface area contributed by atoms with Gasteiger partial charge in [0.25, 0.3) is 17.5 Å². The Hall–Kier alpha value is -3.82. The lowest BCUT2D eigenvalue weighted by Crippen LogP contribution is -2.50. The Morgan fingerprint density at radius 2 is 1.77 bits per heavy atom. The van der Waals surface area contributed by atoms with E-state index in [-0.39, 0.29) is 17.9 Å². The number of carbonyl (C=O) groups is 2. The van der Waals surface area contributed by atoms with E-state index >= 15 is 0 Å². The number of nitrogens with zero attached hydrogens (tertiary/aromatic N) is 2. The Morgan fingerprint density at radius 3 is 2.52 bits per heavy atom. The number of ether oxygens (including phenoxy) is 2. The molecule has 2 aliphatic heterocycles. The molecule has 162 valence electrons. The molecule has 31 heavy (non-hydrogen) atoms. The van der Waals surface area contributed by atoms with Crippen LogP contribution < -0.4 is 25.2 Å². The van der Waals surface area contributed by atoms with Gasteiger partial charge in [-0.05, 0) is 43.5 Å². The van der Waals surface area contributed by atoms with Crippen molar-refractivity contribution in [3.63, 3.8) is 0 Å². The molecule has 0 spiro atoms. The number of benzene rings is 2. The highest BCUT2D eigenvalue weighted by Gasteiger charge is 2.28. The molecule has 2 N–H and O–H groups in total. The summed E-state index contributed by atoms with van der Waals surface area (Å²) < 4.78 is 11.1. The molecule has 2 aliphatic rings. The van der Waals surface area contributed by atoms with E-state index in [9.17, 15) is 19.7 Å². The topological polar surface area (TPSA) is 123 Å². The molecule has 2 heterocycles. The number of anilines is 1. The normalized spacial score (nSPS) is 17.5. The van der Waals surface area contributed by atoms with Crippen molar-refractivity contribution >= 4 is 23.2 Å². The van der Waals surface area contributed by atoms with Crippen LogP contribution in [0.25, 0.3) is 0 Å². The van der Waals surface area contributed by atoms with Crippen molar-refractivity contribution in [2.24, 2.45) is 0 Å². The van der Waals surface area contributed by atoms with Crippen LogP contribution in [0.1, 0.15) is 29.6 Å². The summed E-state index contributed by atoms with van der Waals surface area (Å²) in [6.45, 7) is 1.48. The minimum Gasteiger partial charge on any atom is -0.485 e. The van der Waals surface area contributed by atoms with E-state index in [4.69, 9.17) is 9.47 Å². The fraction of sp³-hybridized carbons (Fsp3) is 0.333. The summed E-state index contributed by atoms with van der Waals surface area (Å²) in [4.78, 5) is 37.8. The zero-order valence-electron chi connectivity index (χ0n) is 16.7. The predicted molar refractivity (Wildman–Crippen MR) is 111 cm³/mol. The number of hydrazine groups is 1. The highest BCUT2D eigenvalue weighted by Crippen LogP contribution is 2.32. The number of hydrogen-bond acceptors (Lipinski definition) is 7. The minimum atomic E-state index is -0.939. The Balaban J connectivity index is 1.40. The van der Waals surface area contributed by atoms with Gasteiger partial charge in [0, 0.05) is 24.7 Å². The molecule has 0 bridgehead atoms. The largest absolute Gasteiger partial charge is 0.485 e. The maximum Gasteiger partial charge on any atom is 0.293 e. The van der Waals surface area contributed by atoms with E-state index in [1.807, 2.05) is 4.90 Å². The van der Waals surface area contributed by atoms with Gasteiger partial charge in [-0.1, -0.05) is 12.1 Å². The van der Waals surface area contributed by atoms with E-state index < -0.39 is 22.8 Å². The van der Waals surface area contributed by atoms with Crippen LogP contribution in [0.2, 0.25) is 0 Å². The average molecular weight is 426 g/mol. The van der Waals surface area contributed by atoms with E-state index in [1.54, 1.807) is 30.3 Å². The van der Waals surface area contributed by atoms with Crippen LogP contribution in [-0.2, 0) is 4.79 Å². The van der Waals surface area contributed by atoms with Crippen molar-refractivity contribution in [2.75, 3.05) is 24.6 Å². The smallest absolute Gasteiger partial charge is 0.293 e. The average Bonchev–Trinajstić information content (AvgIpc) is 2.82. The van der Waals surface area contributed by atoms with Gasteiger partial charge in [-0.25, -0.2) is 0 Å². The van der Waals surface area contributed by atoms with E-state index in [0.29, 0.717) is 17.2 Å². The van der Waals surface area contributed by atoms with Crippen LogP contribution in [0.3, 0.4) is 0 Å². The van der Waals surface area contributed by atoms with Crippen molar-refractivity contribution in [3.8, 4) is 11.5 Å². The molecule has 0 saturated carbocycles. The first-order chi connectivity index (χ1) is 15.0. The van der Waals surface area contributed by atoms with Gasteiger partial charge in [0.1, 0.15) is 12.3 Å². The molecule has 1 atom stereocenters. The Morgan fingerprint density at radius 1 is 1.03 bits per heavy atom. The standard InChI is InChI=1S/C21H22N4O6/c26-20(22-23-21(27)19-13-30-17-6-2-3-7-18(17)31-19)14-8-9-15(16(12-14)25(28)29)24-10-4-1-5-11-24/h2-3,6-9,12,19H,1,4-5,10-11,13H2,(H,22,26)(H,23,27)/t19-/m1/s1. The number of rotatable bonds is 4. The van der Waals surface area contributed by atoms with Crippen molar-refractivity contribution < 1.29 is 24.0 Å². The van der Waals surface area contributed by atoms with Crippen molar-refractivity contribution in [2.45, 2.75) is 25.4 Å². The molecule has 0 unspecified atom stereocenters. The van der Waals surface area contributed by atoms with Gasteiger partial charge in [0.15, 0.2) is 11.5 Å². The lowest BCUT2D eigenvalue weighted by Gasteiger charge is -2.28. The molecule has 10 nitrogen and oxygen atoms in total. The molecule has 2 aromatic carbocycles. The van der Waals surface area contributed by atoms with Crippen molar-refractivity contribution in [1.29, 1.82) is 0 Å². The van der Waals surface area contributed by atoms with Crippen LogP contribution >= 0.6 is 0 Å². The summed E-state index contributed by atoms with van der Waals surface area (Å²) in [6.07, 6.45) is 2.11. The number of para-hydroxylation sites is 2. The van der Waals surface area contributed by atoms with Gasteiger partial charge in [0.2, 0.25) is 6.10 Å². The molecule has 1 fully saturated rings. The maximum atomic E-state index is 12.5. The van der Waals surface area contributed by atoms with Gasteiger partial charge in [-0.2, -0.15) is 0 Å². The molecule has 0 aromatic heterocycles. The van der Waals surface area contributed by atoms with Crippen LogP contribution in [0, 0.1) is 10.1 Å². The Bertz CT molecular complexity index is 1010. The minimum absolute atomic E-state index is 0.00524. The number of hydrogen-bond donors (Lipinski definition) is 2. The summed E-state index contributed by atoms with van der Waals surface area (Å²) in [7, 11) is 0. The number of carbonyl (C=O) groups excluding carboxylic acids is 2. The van der Waals surface area contributed by atoms with E-state index in [0.717, 1.165) is 32.4 Å². The first-order valence-corrected chi connectivity index (χ1v) is 10.0. The molecule has 4 rings (SSSR count). The third-order valence-electron chi connectivity index (χ3n) is 5.23. The van der Waals surface area contributed by atoms with Gasteiger partial charge < -0.3 is 14.4 Å². The highest BCUT2D eigenvalue weighted by atomic mass is 16.6. The van der Waals surface area contributed by atoms with Gasteiger partial charge >= 0.3 is 0 Å². The second-order valence-corrected chi connectivity index (χ2v) is 7.32. The molecule has 2 aromatic rings. The lowest BCUT2D eigenvalue weighted by atomic mass is 10.1. The molecule has 10 heteroatoms. The number of nitro groups is 1. The summed E-state index contributed by atoms with van der Waals surface area (Å²) in [5.74, 6) is -0.290. The van der Waals surface area contributed by atoms with Crippen LogP contribution in [0.15, 0.2) is 42.5 Å². The fourth-order valence-corrected chi connectivity index (χ4v) is 3.63.